The van der Waals surface area contributed by atoms with E-state index < -0.39 is 0 Å². The maximum atomic E-state index is 4.52. The summed E-state index contributed by atoms with van der Waals surface area (Å²) in [6.07, 6.45) is 8.67. The van der Waals surface area contributed by atoms with E-state index in [1.807, 2.05) is 6.21 Å². The Morgan fingerprint density at radius 2 is 2.42 bits per heavy atom. The Hall–Kier alpha value is -1.11. The first-order valence-electron chi connectivity index (χ1n) is 4.36. The van der Waals surface area contributed by atoms with Crippen LogP contribution >= 0.6 is 0 Å². The Morgan fingerprint density at radius 3 is 3.25 bits per heavy atom. The fourth-order valence-corrected chi connectivity index (χ4v) is 2.48. The third kappa shape index (κ3) is 0.512. The molecule has 1 saturated carbocycles. The van der Waals surface area contributed by atoms with Crippen LogP contribution in [0.25, 0.3) is 0 Å². The Kier molecular flexibility index (Phi) is 0.871. The largest absolute Gasteiger partial charge is 0.281 e. The molecule has 1 spiro atoms. The van der Waals surface area contributed by atoms with Gasteiger partial charge in [-0.2, -0.15) is 0 Å². The molecular weight excluding hydrogens is 146 g/mol. The van der Waals surface area contributed by atoms with Gasteiger partial charge >= 0.3 is 0 Å². The first kappa shape index (κ1) is 6.41. The van der Waals surface area contributed by atoms with Crippen LogP contribution in [0.5, 0.6) is 0 Å². The molecular formula is C11H11N. The summed E-state index contributed by atoms with van der Waals surface area (Å²) < 4.78 is 0. The topological polar surface area (TPSA) is 12.4 Å². The zero-order valence-corrected chi connectivity index (χ0v) is 7.12. The average molecular weight is 157 g/mol. The second-order valence-corrected chi connectivity index (χ2v) is 3.97. The van der Waals surface area contributed by atoms with Crippen LogP contribution in [0.3, 0.4) is 0 Å². The molecule has 60 valence electrons. The highest BCUT2D eigenvalue weighted by atomic mass is 15.0. The van der Waals surface area contributed by atoms with E-state index in [1.165, 1.54) is 11.1 Å². The van der Waals surface area contributed by atoms with E-state index in [0.29, 0.717) is 11.8 Å². The van der Waals surface area contributed by atoms with Crippen LogP contribution in [0, 0.1) is 11.8 Å². The molecule has 0 aromatic carbocycles. The van der Waals surface area contributed by atoms with Crippen molar-refractivity contribution in [3.63, 3.8) is 0 Å². The molecule has 0 aromatic rings. The van der Waals surface area contributed by atoms with Gasteiger partial charge in [0.15, 0.2) is 0 Å². The van der Waals surface area contributed by atoms with Crippen LogP contribution in [0.1, 0.15) is 6.92 Å². The Labute approximate surface area is 72.2 Å². The van der Waals surface area contributed by atoms with Crippen molar-refractivity contribution in [2.24, 2.45) is 16.8 Å². The lowest BCUT2D eigenvalue weighted by molar-refractivity contribution is 0.790. The minimum atomic E-state index is 0.122. The van der Waals surface area contributed by atoms with E-state index in [-0.39, 0.29) is 5.54 Å². The molecule has 3 aliphatic rings. The molecule has 1 aliphatic heterocycles. The van der Waals surface area contributed by atoms with Gasteiger partial charge in [0, 0.05) is 18.1 Å². The SMILES string of the molecule is C=C1C=NC23C=CC(C)=C[C@@H]2[C@@H]13. The van der Waals surface area contributed by atoms with Gasteiger partial charge in [0.25, 0.3) is 0 Å². The smallest absolute Gasteiger partial charge is 0.0935 e. The van der Waals surface area contributed by atoms with Crippen LogP contribution in [0.2, 0.25) is 0 Å². The van der Waals surface area contributed by atoms with Crippen molar-refractivity contribution in [2.45, 2.75) is 12.5 Å². The van der Waals surface area contributed by atoms with Crippen LogP contribution in [0.4, 0.5) is 0 Å². The molecule has 3 atom stereocenters. The van der Waals surface area contributed by atoms with Gasteiger partial charge in [-0.25, -0.2) is 0 Å². The van der Waals surface area contributed by atoms with Crippen molar-refractivity contribution in [3.05, 3.63) is 36.0 Å². The van der Waals surface area contributed by atoms with Crippen molar-refractivity contribution in [1.29, 1.82) is 0 Å². The van der Waals surface area contributed by atoms with Crippen LogP contribution < -0.4 is 0 Å². The summed E-state index contributed by atoms with van der Waals surface area (Å²) in [6, 6.07) is 0. The van der Waals surface area contributed by atoms with Crippen molar-refractivity contribution >= 4 is 6.21 Å². The summed E-state index contributed by atoms with van der Waals surface area (Å²) in [6.45, 7) is 6.15. The molecule has 3 rings (SSSR count). The predicted octanol–water partition coefficient (Wildman–Crippen LogP) is 2.13. The van der Waals surface area contributed by atoms with E-state index in [4.69, 9.17) is 0 Å². The molecule has 0 saturated heterocycles. The Balaban J connectivity index is 2.10. The quantitative estimate of drug-likeness (QED) is 0.510. The first-order valence-corrected chi connectivity index (χ1v) is 4.36. The van der Waals surface area contributed by atoms with E-state index in [9.17, 15) is 0 Å². The van der Waals surface area contributed by atoms with E-state index in [0.717, 1.165) is 0 Å². The van der Waals surface area contributed by atoms with Crippen molar-refractivity contribution in [3.8, 4) is 0 Å². The van der Waals surface area contributed by atoms with Gasteiger partial charge in [-0.1, -0.05) is 30.4 Å². The number of aliphatic imine (C=N–C) groups is 1. The summed E-state index contributed by atoms with van der Waals surface area (Å²) >= 11 is 0. The van der Waals surface area contributed by atoms with Crippen LogP contribution in [-0.2, 0) is 0 Å². The van der Waals surface area contributed by atoms with Gasteiger partial charge in [0.2, 0.25) is 0 Å². The molecule has 1 unspecified atom stereocenters. The standard InChI is InChI=1S/C11H11N/c1-7-3-4-11-9(5-7)10(11)8(2)6-12-11/h3-6,9-10H,2H2,1H3/t9-,10-,11?/m1/s1. The second-order valence-electron chi connectivity index (χ2n) is 3.97. The van der Waals surface area contributed by atoms with Crippen molar-refractivity contribution in [1.82, 2.24) is 0 Å². The summed E-state index contributed by atoms with van der Waals surface area (Å²) in [5.41, 5.74) is 2.69. The molecule has 1 fully saturated rings. The average Bonchev–Trinajstić information content (AvgIpc) is 2.57. The highest BCUT2D eigenvalue weighted by Crippen LogP contribution is 2.63. The fourth-order valence-electron chi connectivity index (χ4n) is 2.48. The lowest BCUT2D eigenvalue weighted by Gasteiger charge is -2.07. The second kappa shape index (κ2) is 1.63. The molecule has 1 nitrogen and oxygen atoms in total. The monoisotopic (exact) mass is 157 g/mol. The van der Waals surface area contributed by atoms with Gasteiger partial charge in [0.05, 0.1) is 5.54 Å². The highest BCUT2D eigenvalue weighted by Gasteiger charge is 2.66. The highest BCUT2D eigenvalue weighted by molar-refractivity contribution is 5.86. The number of hydrogen-bond acceptors (Lipinski definition) is 1. The van der Waals surface area contributed by atoms with E-state index in [2.05, 4.69) is 36.7 Å². The maximum absolute atomic E-state index is 4.52. The Morgan fingerprint density at radius 1 is 1.58 bits per heavy atom. The summed E-state index contributed by atoms with van der Waals surface area (Å²) in [5, 5.41) is 0. The molecule has 0 amide bonds. The lowest BCUT2D eigenvalue weighted by Crippen LogP contribution is -2.05. The molecule has 0 bridgehead atoms. The summed E-state index contributed by atoms with van der Waals surface area (Å²) in [5.74, 6) is 1.21. The minimum absolute atomic E-state index is 0.122. The van der Waals surface area contributed by atoms with Gasteiger partial charge in [0.1, 0.15) is 0 Å². The van der Waals surface area contributed by atoms with Gasteiger partial charge in [-0.15, -0.1) is 0 Å². The molecule has 12 heavy (non-hydrogen) atoms. The van der Waals surface area contributed by atoms with Crippen LogP contribution in [0.15, 0.2) is 40.9 Å². The van der Waals surface area contributed by atoms with Gasteiger partial charge in [-0.3, -0.25) is 4.99 Å². The fraction of sp³-hybridized carbons (Fsp3) is 0.364. The molecule has 0 radical (unpaired) electrons. The van der Waals surface area contributed by atoms with Gasteiger partial charge in [-0.05, 0) is 12.5 Å². The number of nitrogens with zero attached hydrogens (tertiary/aromatic N) is 1. The Bertz CT molecular complexity index is 359. The third-order valence-corrected chi connectivity index (χ3v) is 3.19. The maximum Gasteiger partial charge on any atom is 0.0935 e. The lowest BCUT2D eigenvalue weighted by atomic mass is 10.1. The number of fused-ring (bicyclic) bond motifs is 1. The zero-order valence-electron chi connectivity index (χ0n) is 7.12. The predicted molar refractivity (Wildman–Crippen MR) is 50.2 cm³/mol. The number of allylic oxidation sites excluding steroid dienone is 2. The van der Waals surface area contributed by atoms with Crippen LogP contribution in [-0.4, -0.2) is 11.8 Å². The first-order chi connectivity index (χ1) is 5.74. The minimum Gasteiger partial charge on any atom is -0.281 e. The van der Waals surface area contributed by atoms with Gasteiger partial charge < -0.3 is 0 Å². The molecule has 2 aliphatic carbocycles. The zero-order chi connectivity index (χ0) is 8.34. The molecule has 0 N–H and O–H groups in total. The molecule has 1 heterocycles. The summed E-state index contributed by atoms with van der Waals surface area (Å²) in [4.78, 5) is 4.52. The summed E-state index contributed by atoms with van der Waals surface area (Å²) in [7, 11) is 0. The van der Waals surface area contributed by atoms with Crippen molar-refractivity contribution < 1.29 is 0 Å². The number of hydrogen-bond donors (Lipinski definition) is 0. The van der Waals surface area contributed by atoms with E-state index in [1.54, 1.807) is 0 Å². The normalized spacial score (nSPS) is 47.1. The van der Waals surface area contributed by atoms with Crippen molar-refractivity contribution in [2.75, 3.05) is 0 Å². The molecule has 0 aromatic heterocycles. The molecule has 1 heteroatoms. The van der Waals surface area contributed by atoms with E-state index >= 15 is 0 Å². The number of rotatable bonds is 0. The third-order valence-electron chi connectivity index (χ3n) is 3.19.